The van der Waals surface area contributed by atoms with Crippen LogP contribution in [0.2, 0.25) is 9.36 Å². The lowest BCUT2D eigenvalue weighted by Gasteiger charge is -2.31. The molecular weight excluding hydrogens is 251 g/mol. The molecule has 0 spiro atoms. The van der Waals surface area contributed by atoms with Gasteiger partial charge in [0, 0.05) is 32.2 Å². The normalized spacial score (nSPS) is 23.3. The summed E-state index contributed by atoms with van der Waals surface area (Å²) >= 11 is 13.5. The maximum absolute atomic E-state index is 6.10. The lowest BCUT2D eigenvalue weighted by molar-refractivity contribution is 0.200. The van der Waals surface area contributed by atoms with Gasteiger partial charge in [-0.15, -0.1) is 11.3 Å². The first-order chi connectivity index (χ1) is 7.16. The van der Waals surface area contributed by atoms with Crippen molar-refractivity contribution < 1.29 is 0 Å². The third-order valence-corrected chi connectivity index (χ3v) is 4.52. The summed E-state index contributed by atoms with van der Waals surface area (Å²) in [6, 6.07) is 0.562. The van der Waals surface area contributed by atoms with E-state index >= 15 is 0 Å². The second-order valence-corrected chi connectivity index (χ2v) is 5.80. The van der Waals surface area contributed by atoms with E-state index in [4.69, 9.17) is 23.2 Å². The van der Waals surface area contributed by atoms with Crippen LogP contribution in [0.1, 0.15) is 12.5 Å². The summed E-state index contributed by atoms with van der Waals surface area (Å²) in [5, 5.41) is 6.20. The molecule has 2 nitrogen and oxygen atoms in total. The van der Waals surface area contributed by atoms with Crippen LogP contribution in [0.5, 0.6) is 0 Å². The Morgan fingerprint density at radius 3 is 3.00 bits per heavy atom. The Morgan fingerprint density at radius 1 is 1.60 bits per heavy atom. The second-order valence-electron chi connectivity index (χ2n) is 3.94. The SMILES string of the molecule is C[C@@H]1CN(Cc2csc(Cl)c2Cl)CCN1. The highest BCUT2D eigenvalue weighted by atomic mass is 35.5. The molecule has 0 radical (unpaired) electrons. The molecule has 1 aromatic rings. The van der Waals surface area contributed by atoms with E-state index in [0.717, 1.165) is 36.8 Å². The van der Waals surface area contributed by atoms with E-state index < -0.39 is 0 Å². The molecule has 15 heavy (non-hydrogen) atoms. The molecule has 2 rings (SSSR count). The minimum Gasteiger partial charge on any atom is -0.312 e. The molecule has 0 bridgehead atoms. The zero-order valence-corrected chi connectivity index (χ0v) is 10.9. The van der Waals surface area contributed by atoms with Crippen molar-refractivity contribution in [3.05, 3.63) is 20.3 Å². The standard InChI is InChI=1S/C10H14Cl2N2S/c1-7-4-14(3-2-13-7)5-8-6-15-10(12)9(8)11/h6-7,13H,2-5H2,1H3/t7-/m1/s1. The minimum absolute atomic E-state index is 0.562. The highest BCUT2D eigenvalue weighted by Crippen LogP contribution is 2.33. The van der Waals surface area contributed by atoms with Gasteiger partial charge in [-0.1, -0.05) is 23.2 Å². The first-order valence-corrected chi connectivity index (χ1v) is 6.67. The van der Waals surface area contributed by atoms with Gasteiger partial charge < -0.3 is 5.32 Å². The summed E-state index contributed by atoms with van der Waals surface area (Å²) in [6.07, 6.45) is 0. The quantitative estimate of drug-likeness (QED) is 0.884. The topological polar surface area (TPSA) is 15.3 Å². The first-order valence-electron chi connectivity index (χ1n) is 5.04. The fraction of sp³-hybridized carbons (Fsp3) is 0.600. The summed E-state index contributed by atoms with van der Waals surface area (Å²) in [5.74, 6) is 0. The maximum atomic E-state index is 6.10. The first kappa shape index (κ1) is 11.7. The number of hydrogen-bond donors (Lipinski definition) is 1. The fourth-order valence-electron chi connectivity index (χ4n) is 1.86. The Kier molecular flexibility index (Phi) is 3.91. The van der Waals surface area contributed by atoms with Crippen LogP contribution in [0, 0.1) is 0 Å². The molecule has 1 saturated heterocycles. The van der Waals surface area contributed by atoms with Crippen LogP contribution in [-0.4, -0.2) is 30.6 Å². The van der Waals surface area contributed by atoms with Crippen LogP contribution >= 0.6 is 34.5 Å². The summed E-state index contributed by atoms with van der Waals surface area (Å²) in [7, 11) is 0. The molecule has 1 fully saturated rings. The van der Waals surface area contributed by atoms with Gasteiger partial charge in [0.15, 0.2) is 0 Å². The molecule has 2 heterocycles. The Labute approximate surface area is 104 Å². The Morgan fingerprint density at radius 2 is 2.40 bits per heavy atom. The fourth-order valence-corrected chi connectivity index (χ4v) is 3.10. The van der Waals surface area contributed by atoms with Gasteiger partial charge in [-0.25, -0.2) is 0 Å². The molecule has 1 atom stereocenters. The molecule has 1 aliphatic heterocycles. The van der Waals surface area contributed by atoms with Crippen LogP contribution in [0.25, 0.3) is 0 Å². The molecule has 0 aromatic carbocycles. The van der Waals surface area contributed by atoms with Gasteiger partial charge in [-0.2, -0.15) is 0 Å². The zero-order valence-electron chi connectivity index (χ0n) is 8.59. The van der Waals surface area contributed by atoms with Crippen molar-refractivity contribution in [2.24, 2.45) is 0 Å². The average molecular weight is 265 g/mol. The van der Waals surface area contributed by atoms with E-state index in [1.54, 1.807) is 0 Å². The number of hydrogen-bond acceptors (Lipinski definition) is 3. The number of piperazine rings is 1. The highest BCUT2D eigenvalue weighted by molar-refractivity contribution is 7.15. The molecule has 1 N–H and O–H groups in total. The summed E-state index contributed by atoms with van der Waals surface area (Å²) in [6.45, 7) is 6.32. The van der Waals surface area contributed by atoms with Gasteiger partial charge >= 0.3 is 0 Å². The van der Waals surface area contributed by atoms with Crippen molar-refractivity contribution in [2.45, 2.75) is 19.5 Å². The monoisotopic (exact) mass is 264 g/mol. The minimum atomic E-state index is 0.562. The molecule has 1 aromatic heterocycles. The number of thiophene rings is 1. The number of nitrogens with zero attached hydrogens (tertiary/aromatic N) is 1. The lowest BCUT2D eigenvalue weighted by Crippen LogP contribution is -2.48. The molecule has 5 heteroatoms. The Bertz CT molecular complexity index is 340. The van der Waals surface area contributed by atoms with Gasteiger partial charge in [-0.05, 0) is 17.9 Å². The summed E-state index contributed by atoms with van der Waals surface area (Å²) in [4.78, 5) is 2.41. The third-order valence-electron chi connectivity index (χ3n) is 2.61. The molecule has 0 unspecified atom stereocenters. The molecule has 84 valence electrons. The van der Waals surface area contributed by atoms with Gasteiger partial charge in [0.05, 0.1) is 5.02 Å². The van der Waals surface area contributed by atoms with Crippen LogP contribution in [0.4, 0.5) is 0 Å². The van der Waals surface area contributed by atoms with Crippen molar-refractivity contribution >= 4 is 34.5 Å². The van der Waals surface area contributed by atoms with Crippen LogP contribution in [0.15, 0.2) is 5.38 Å². The molecule has 1 aliphatic rings. The molecule has 0 amide bonds. The summed E-state index contributed by atoms with van der Waals surface area (Å²) in [5.41, 5.74) is 1.15. The van der Waals surface area contributed by atoms with Crippen molar-refractivity contribution in [1.82, 2.24) is 10.2 Å². The van der Waals surface area contributed by atoms with Crippen LogP contribution < -0.4 is 5.32 Å². The van der Waals surface area contributed by atoms with Gasteiger partial charge in [0.1, 0.15) is 4.34 Å². The van der Waals surface area contributed by atoms with Crippen molar-refractivity contribution in [3.8, 4) is 0 Å². The largest absolute Gasteiger partial charge is 0.312 e. The van der Waals surface area contributed by atoms with Gasteiger partial charge in [0.2, 0.25) is 0 Å². The van der Waals surface area contributed by atoms with Gasteiger partial charge in [0.25, 0.3) is 0 Å². The predicted molar refractivity (Wildman–Crippen MR) is 67.1 cm³/mol. The smallest absolute Gasteiger partial charge is 0.112 e. The number of halogens is 2. The van der Waals surface area contributed by atoms with E-state index in [-0.39, 0.29) is 0 Å². The number of rotatable bonds is 2. The molecule has 0 saturated carbocycles. The highest BCUT2D eigenvalue weighted by Gasteiger charge is 2.17. The van der Waals surface area contributed by atoms with Gasteiger partial charge in [-0.3, -0.25) is 4.90 Å². The van der Waals surface area contributed by atoms with E-state index in [1.165, 1.54) is 11.3 Å². The Hall–Kier alpha value is 0.200. The Balaban J connectivity index is 1.99. The third kappa shape index (κ3) is 2.86. The lowest BCUT2D eigenvalue weighted by atomic mass is 10.2. The average Bonchev–Trinajstić information content (AvgIpc) is 2.50. The maximum Gasteiger partial charge on any atom is 0.112 e. The van der Waals surface area contributed by atoms with Crippen molar-refractivity contribution in [3.63, 3.8) is 0 Å². The van der Waals surface area contributed by atoms with Crippen LogP contribution in [0.3, 0.4) is 0 Å². The van der Waals surface area contributed by atoms with E-state index in [9.17, 15) is 0 Å². The van der Waals surface area contributed by atoms with E-state index in [0.29, 0.717) is 10.4 Å². The zero-order chi connectivity index (χ0) is 10.8. The summed E-state index contributed by atoms with van der Waals surface area (Å²) < 4.78 is 0.704. The molecule has 0 aliphatic carbocycles. The second kappa shape index (κ2) is 5.02. The van der Waals surface area contributed by atoms with Crippen LogP contribution in [-0.2, 0) is 6.54 Å². The van der Waals surface area contributed by atoms with Crippen molar-refractivity contribution in [2.75, 3.05) is 19.6 Å². The van der Waals surface area contributed by atoms with Crippen molar-refractivity contribution in [1.29, 1.82) is 0 Å². The molecular formula is C10H14Cl2N2S. The number of nitrogens with one attached hydrogen (secondary N) is 1. The van der Waals surface area contributed by atoms with E-state index in [2.05, 4.69) is 22.5 Å². The van der Waals surface area contributed by atoms with E-state index in [1.807, 2.05) is 0 Å². The predicted octanol–water partition coefficient (Wildman–Crippen LogP) is 2.85.